The van der Waals surface area contributed by atoms with E-state index in [1.54, 1.807) is 0 Å². The van der Waals surface area contributed by atoms with Gasteiger partial charge >= 0.3 is 19.5 Å². The van der Waals surface area contributed by atoms with E-state index in [-0.39, 0.29) is 6.61 Å². The third-order valence-corrected chi connectivity index (χ3v) is 4.90. The van der Waals surface area contributed by atoms with Gasteiger partial charge in [-0.3, -0.25) is 0 Å². The fourth-order valence-electron chi connectivity index (χ4n) is 3.44. The molecule has 10 heteroatoms. The molecule has 2 aromatic rings. The summed E-state index contributed by atoms with van der Waals surface area (Å²) in [6, 6.07) is 11.5. The van der Waals surface area contributed by atoms with E-state index in [9.17, 15) is 26.3 Å². The Hall–Kier alpha value is -2.04. The van der Waals surface area contributed by atoms with Crippen molar-refractivity contribution in [2.75, 3.05) is 13.2 Å². The van der Waals surface area contributed by atoms with Crippen LogP contribution in [0.2, 0.25) is 0 Å². The van der Waals surface area contributed by atoms with Crippen molar-refractivity contribution in [2.24, 2.45) is 0 Å². The lowest BCUT2D eigenvalue weighted by Gasteiger charge is -2.31. The molecule has 1 aliphatic heterocycles. The van der Waals surface area contributed by atoms with Crippen LogP contribution in [-0.2, 0) is 33.0 Å². The van der Waals surface area contributed by atoms with Crippen LogP contribution in [0.3, 0.4) is 0 Å². The van der Waals surface area contributed by atoms with E-state index in [0.29, 0.717) is 44.6 Å². The van der Waals surface area contributed by atoms with E-state index in [2.05, 4.69) is 0 Å². The molecule has 0 N–H and O–H groups in total. The van der Waals surface area contributed by atoms with Gasteiger partial charge in [-0.15, -0.1) is 0 Å². The molecule has 0 aromatic heterocycles. The van der Waals surface area contributed by atoms with Crippen molar-refractivity contribution >= 4 is 12.6 Å². The summed E-state index contributed by atoms with van der Waals surface area (Å²) in [5, 5.41) is 0. The smallest absolute Gasteiger partial charge is 0.407 e. The molecule has 0 bridgehead atoms. The van der Waals surface area contributed by atoms with Gasteiger partial charge < -0.3 is 14.0 Å². The van der Waals surface area contributed by atoms with Crippen molar-refractivity contribution in [2.45, 2.75) is 44.3 Å². The lowest BCUT2D eigenvalue weighted by Crippen LogP contribution is -2.50. The van der Waals surface area contributed by atoms with Crippen LogP contribution in [0.15, 0.2) is 48.5 Å². The van der Waals surface area contributed by atoms with E-state index in [1.165, 1.54) is 0 Å². The van der Waals surface area contributed by atoms with Gasteiger partial charge in [0.1, 0.15) is 0 Å². The highest BCUT2D eigenvalue weighted by atomic mass is 19.4. The summed E-state index contributed by atoms with van der Waals surface area (Å²) in [5.74, 6) is 0. The first-order valence-electron chi connectivity index (χ1n) is 9.82. The van der Waals surface area contributed by atoms with Crippen LogP contribution in [0.25, 0.3) is 0 Å². The molecule has 2 aromatic carbocycles. The van der Waals surface area contributed by atoms with Crippen molar-refractivity contribution < 1.29 is 40.4 Å². The SMILES string of the molecule is FC(F)(F)c1cccc(C(F)(F)F)c1B1OCCC(CCCOCc2ccccc2)O1. The average molecular weight is 446 g/mol. The first-order valence-corrected chi connectivity index (χ1v) is 9.82. The fraction of sp³-hybridized carbons (Fsp3) is 0.429. The van der Waals surface area contributed by atoms with Gasteiger partial charge in [0.15, 0.2) is 0 Å². The van der Waals surface area contributed by atoms with E-state index in [4.69, 9.17) is 14.0 Å². The van der Waals surface area contributed by atoms with Gasteiger partial charge in [-0.1, -0.05) is 48.5 Å². The highest BCUT2D eigenvalue weighted by Gasteiger charge is 2.46. The molecule has 0 amide bonds. The number of hydrogen-bond acceptors (Lipinski definition) is 3. The predicted octanol–water partition coefficient (Wildman–Crippen LogP) is 5.22. The molecule has 3 nitrogen and oxygen atoms in total. The Labute approximate surface area is 176 Å². The largest absolute Gasteiger partial charge is 0.495 e. The number of hydrogen-bond donors (Lipinski definition) is 0. The van der Waals surface area contributed by atoms with Crippen molar-refractivity contribution in [3.63, 3.8) is 0 Å². The molecule has 0 spiro atoms. The summed E-state index contributed by atoms with van der Waals surface area (Å²) in [7, 11) is -1.74. The summed E-state index contributed by atoms with van der Waals surface area (Å²) >= 11 is 0. The summed E-state index contributed by atoms with van der Waals surface area (Å²) < 4.78 is 96.7. The first kappa shape index (κ1) is 23.6. The molecule has 1 fully saturated rings. The van der Waals surface area contributed by atoms with Crippen molar-refractivity contribution in [3.05, 3.63) is 65.2 Å². The molecule has 168 valence electrons. The van der Waals surface area contributed by atoms with E-state index in [1.807, 2.05) is 30.3 Å². The minimum Gasteiger partial charge on any atom is -0.407 e. The minimum absolute atomic E-state index is 0.00367. The minimum atomic E-state index is -4.97. The summed E-state index contributed by atoms with van der Waals surface area (Å²) in [5.41, 5.74) is -2.82. The maximum atomic E-state index is 13.4. The Morgan fingerprint density at radius 3 is 2.16 bits per heavy atom. The average Bonchev–Trinajstić information content (AvgIpc) is 2.73. The molecular weight excluding hydrogens is 425 g/mol. The Morgan fingerprint density at radius 1 is 0.903 bits per heavy atom. The van der Waals surface area contributed by atoms with Crippen LogP contribution in [0.5, 0.6) is 0 Å². The van der Waals surface area contributed by atoms with E-state index < -0.39 is 42.2 Å². The van der Waals surface area contributed by atoms with Crippen LogP contribution in [-0.4, -0.2) is 26.4 Å². The number of benzene rings is 2. The second-order valence-corrected chi connectivity index (χ2v) is 7.19. The summed E-state index contributed by atoms with van der Waals surface area (Å²) in [4.78, 5) is 0. The topological polar surface area (TPSA) is 27.7 Å². The monoisotopic (exact) mass is 446 g/mol. The summed E-state index contributed by atoms with van der Waals surface area (Å²) in [6.45, 7) is 0.822. The van der Waals surface area contributed by atoms with Crippen molar-refractivity contribution in [1.82, 2.24) is 0 Å². The summed E-state index contributed by atoms with van der Waals surface area (Å²) in [6.07, 6.45) is -9.10. The molecule has 1 saturated heterocycles. The lowest BCUT2D eigenvalue weighted by atomic mass is 9.71. The van der Waals surface area contributed by atoms with Gasteiger partial charge in [0, 0.05) is 24.8 Å². The van der Waals surface area contributed by atoms with E-state index in [0.717, 1.165) is 11.6 Å². The molecule has 1 aliphatic rings. The van der Waals surface area contributed by atoms with Crippen molar-refractivity contribution in [1.29, 1.82) is 0 Å². The molecule has 1 atom stereocenters. The Morgan fingerprint density at radius 2 is 1.55 bits per heavy atom. The van der Waals surface area contributed by atoms with Gasteiger partial charge in [-0.05, 0) is 24.8 Å². The number of rotatable bonds is 7. The molecule has 0 saturated carbocycles. The van der Waals surface area contributed by atoms with Crippen LogP contribution in [0, 0.1) is 0 Å². The van der Waals surface area contributed by atoms with Crippen LogP contribution >= 0.6 is 0 Å². The van der Waals surface area contributed by atoms with Crippen LogP contribution in [0.1, 0.15) is 36.0 Å². The highest BCUT2D eigenvalue weighted by molar-refractivity contribution is 6.62. The third-order valence-electron chi connectivity index (χ3n) is 4.90. The normalized spacial score (nSPS) is 17.7. The Balaban J connectivity index is 1.63. The molecule has 1 unspecified atom stereocenters. The highest BCUT2D eigenvalue weighted by Crippen LogP contribution is 2.35. The van der Waals surface area contributed by atoms with Crippen molar-refractivity contribution in [3.8, 4) is 0 Å². The fourth-order valence-corrected chi connectivity index (χ4v) is 3.44. The number of halogens is 6. The van der Waals surface area contributed by atoms with E-state index >= 15 is 0 Å². The maximum absolute atomic E-state index is 13.4. The Bertz CT molecular complexity index is 809. The number of alkyl halides is 6. The van der Waals surface area contributed by atoms with Gasteiger partial charge in [0.05, 0.1) is 17.7 Å². The molecule has 0 radical (unpaired) electrons. The molecule has 0 aliphatic carbocycles. The van der Waals surface area contributed by atoms with Gasteiger partial charge in [-0.25, -0.2) is 0 Å². The zero-order valence-corrected chi connectivity index (χ0v) is 16.5. The molecule has 3 rings (SSSR count). The van der Waals surface area contributed by atoms with Gasteiger partial charge in [0.2, 0.25) is 0 Å². The second kappa shape index (κ2) is 10.1. The van der Waals surface area contributed by atoms with Gasteiger partial charge in [-0.2, -0.15) is 26.3 Å². The first-order chi connectivity index (χ1) is 14.7. The lowest BCUT2D eigenvalue weighted by molar-refractivity contribution is -0.141. The predicted molar refractivity (Wildman–Crippen MR) is 103 cm³/mol. The Kier molecular flexibility index (Phi) is 7.66. The number of ether oxygens (including phenoxy) is 1. The van der Waals surface area contributed by atoms with Gasteiger partial charge in [0.25, 0.3) is 0 Å². The zero-order chi connectivity index (χ0) is 22.5. The molecule has 31 heavy (non-hydrogen) atoms. The van der Waals surface area contributed by atoms with Crippen LogP contribution in [0.4, 0.5) is 26.3 Å². The maximum Gasteiger partial charge on any atom is 0.495 e. The second-order valence-electron chi connectivity index (χ2n) is 7.19. The zero-order valence-electron chi connectivity index (χ0n) is 16.5. The quantitative estimate of drug-likeness (QED) is 0.332. The standard InChI is InChI=1S/C21H21BF6O3/c23-20(24,25)17-9-4-10-18(21(26,27)28)19(17)22-30-13-11-16(31-22)8-5-12-29-14-15-6-2-1-3-7-15/h1-4,6-7,9-10,16H,5,8,11-14H2. The third kappa shape index (κ3) is 6.47. The molecular formula is C21H21BF6O3. The molecule has 1 heterocycles. The van der Waals surface area contributed by atoms with Crippen LogP contribution < -0.4 is 5.46 Å².